The third-order valence-electron chi connectivity index (χ3n) is 4.44. The summed E-state index contributed by atoms with van der Waals surface area (Å²) in [5, 5.41) is 3.04. The van der Waals surface area contributed by atoms with E-state index in [1.807, 2.05) is 43.9 Å². The molecule has 1 aliphatic rings. The van der Waals surface area contributed by atoms with Gasteiger partial charge in [0.2, 0.25) is 11.8 Å². The van der Waals surface area contributed by atoms with Gasteiger partial charge >= 0.3 is 0 Å². The first-order valence-electron chi connectivity index (χ1n) is 8.05. The van der Waals surface area contributed by atoms with Gasteiger partial charge in [0.05, 0.1) is 5.92 Å². The molecule has 0 radical (unpaired) electrons. The van der Waals surface area contributed by atoms with Gasteiger partial charge in [-0.15, -0.1) is 0 Å². The third-order valence-corrected chi connectivity index (χ3v) is 4.44. The number of likely N-dealkylation sites (tertiary alicyclic amines) is 1. The van der Waals surface area contributed by atoms with E-state index >= 15 is 0 Å². The lowest BCUT2D eigenvalue weighted by atomic mass is 9.99. The molecular weight excluding hydrogens is 276 g/mol. The summed E-state index contributed by atoms with van der Waals surface area (Å²) in [6.07, 6.45) is 2.04. The molecule has 1 N–H and O–H groups in total. The first-order valence-corrected chi connectivity index (χ1v) is 8.05. The van der Waals surface area contributed by atoms with E-state index in [1.165, 1.54) is 5.56 Å². The highest BCUT2D eigenvalue weighted by Gasteiger charge is 2.35. The van der Waals surface area contributed by atoms with Crippen LogP contribution in [-0.4, -0.2) is 35.3 Å². The van der Waals surface area contributed by atoms with Crippen LogP contribution in [0.1, 0.15) is 39.2 Å². The second-order valence-corrected chi connectivity index (χ2v) is 6.70. The molecule has 0 bridgehead atoms. The zero-order valence-electron chi connectivity index (χ0n) is 13.8. The van der Waals surface area contributed by atoms with Crippen LogP contribution in [0.4, 0.5) is 0 Å². The number of hydrogen-bond donors (Lipinski definition) is 1. The predicted octanol–water partition coefficient (Wildman–Crippen LogP) is 2.38. The Labute approximate surface area is 132 Å². The molecule has 0 aliphatic carbocycles. The summed E-state index contributed by atoms with van der Waals surface area (Å²) in [4.78, 5) is 26.2. The van der Waals surface area contributed by atoms with E-state index in [2.05, 4.69) is 17.4 Å². The average Bonchev–Trinajstić information content (AvgIpc) is 2.87. The van der Waals surface area contributed by atoms with Gasteiger partial charge in [-0.05, 0) is 32.3 Å². The summed E-state index contributed by atoms with van der Waals surface area (Å²) in [7, 11) is 0. The Bertz CT molecular complexity index is 525. The van der Waals surface area contributed by atoms with Gasteiger partial charge in [0.25, 0.3) is 0 Å². The predicted molar refractivity (Wildman–Crippen MR) is 87.3 cm³/mol. The number of nitrogens with one attached hydrogen (secondary N) is 1. The highest BCUT2D eigenvalue weighted by molar-refractivity contribution is 5.89. The molecular formula is C18H26N2O2. The second-order valence-electron chi connectivity index (χ2n) is 6.70. The van der Waals surface area contributed by atoms with Crippen molar-refractivity contribution in [2.24, 2.45) is 5.92 Å². The van der Waals surface area contributed by atoms with Crippen molar-refractivity contribution in [3.05, 3.63) is 35.9 Å². The minimum absolute atomic E-state index is 0.00223. The zero-order valence-corrected chi connectivity index (χ0v) is 13.8. The van der Waals surface area contributed by atoms with Crippen molar-refractivity contribution in [2.45, 2.75) is 45.6 Å². The molecule has 4 heteroatoms. The Morgan fingerprint density at radius 2 is 2.00 bits per heavy atom. The van der Waals surface area contributed by atoms with Crippen LogP contribution in [0.3, 0.4) is 0 Å². The standard InChI is InChI=1S/C18H26N2O2/c1-4-18(2,3)19-17(22)15-12-16(21)20(13-15)11-10-14-8-6-5-7-9-14/h5-9,15H,4,10-13H2,1-3H3,(H,19,22)/t15-/m1/s1. The Balaban J connectivity index is 1.86. The molecule has 1 aromatic rings. The van der Waals surface area contributed by atoms with Crippen LogP contribution in [0.25, 0.3) is 0 Å². The zero-order chi connectivity index (χ0) is 16.2. The van der Waals surface area contributed by atoms with Gasteiger partial charge < -0.3 is 10.2 Å². The summed E-state index contributed by atoms with van der Waals surface area (Å²) in [6.45, 7) is 7.29. The molecule has 1 heterocycles. The second kappa shape index (κ2) is 6.95. The first kappa shape index (κ1) is 16.5. The van der Waals surface area contributed by atoms with Gasteiger partial charge in [-0.25, -0.2) is 0 Å². The van der Waals surface area contributed by atoms with Crippen LogP contribution in [0.15, 0.2) is 30.3 Å². The van der Waals surface area contributed by atoms with Gasteiger partial charge in [-0.2, -0.15) is 0 Å². The molecule has 1 aromatic carbocycles. The molecule has 0 unspecified atom stereocenters. The SMILES string of the molecule is CCC(C)(C)NC(=O)[C@@H]1CC(=O)N(CCc2ccccc2)C1. The van der Waals surface area contributed by atoms with Crippen LogP contribution >= 0.6 is 0 Å². The molecule has 2 amide bonds. The van der Waals surface area contributed by atoms with Crippen LogP contribution in [0.5, 0.6) is 0 Å². The number of nitrogens with zero attached hydrogens (tertiary/aromatic N) is 1. The van der Waals surface area contributed by atoms with Gasteiger partial charge in [-0.3, -0.25) is 9.59 Å². The van der Waals surface area contributed by atoms with E-state index in [0.29, 0.717) is 19.5 Å². The lowest BCUT2D eigenvalue weighted by Crippen LogP contribution is -2.46. The maximum Gasteiger partial charge on any atom is 0.225 e. The van der Waals surface area contributed by atoms with Crippen molar-refractivity contribution in [1.82, 2.24) is 10.2 Å². The fraction of sp³-hybridized carbons (Fsp3) is 0.556. The minimum atomic E-state index is -0.214. The summed E-state index contributed by atoms with van der Waals surface area (Å²) in [5.74, 6) is -0.123. The van der Waals surface area contributed by atoms with Crippen LogP contribution < -0.4 is 5.32 Å². The summed E-state index contributed by atoms with van der Waals surface area (Å²) in [6, 6.07) is 10.1. The first-order chi connectivity index (χ1) is 10.4. The van der Waals surface area contributed by atoms with Crippen LogP contribution in [0.2, 0.25) is 0 Å². The fourth-order valence-corrected chi connectivity index (χ4v) is 2.60. The molecule has 2 rings (SSSR count). The summed E-state index contributed by atoms with van der Waals surface area (Å²) >= 11 is 0. The molecule has 1 saturated heterocycles. The topological polar surface area (TPSA) is 49.4 Å². The summed E-state index contributed by atoms with van der Waals surface area (Å²) in [5.41, 5.74) is 1.01. The lowest BCUT2D eigenvalue weighted by molar-refractivity contribution is -0.129. The lowest BCUT2D eigenvalue weighted by Gasteiger charge is -2.26. The Kier molecular flexibility index (Phi) is 5.22. The molecule has 22 heavy (non-hydrogen) atoms. The van der Waals surface area contributed by atoms with Gasteiger partial charge in [0.1, 0.15) is 0 Å². The maximum absolute atomic E-state index is 12.3. The highest BCUT2D eigenvalue weighted by atomic mass is 16.2. The fourth-order valence-electron chi connectivity index (χ4n) is 2.60. The van der Waals surface area contributed by atoms with Crippen LogP contribution in [-0.2, 0) is 16.0 Å². The Morgan fingerprint density at radius 1 is 1.32 bits per heavy atom. The van der Waals surface area contributed by atoms with Crippen molar-refractivity contribution in [2.75, 3.05) is 13.1 Å². The van der Waals surface area contributed by atoms with Crippen molar-refractivity contribution in [3.63, 3.8) is 0 Å². The molecule has 0 aromatic heterocycles. The van der Waals surface area contributed by atoms with Crippen molar-refractivity contribution in [3.8, 4) is 0 Å². The van der Waals surface area contributed by atoms with Gasteiger partial charge in [-0.1, -0.05) is 37.3 Å². The molecule has 0 spiro atoms. The van der Waals surface area contributed by atoms with Crippen molar-refractivity contribution < 1.29 is 9.59 Å². The van der Waals surface area contributed by atoms with E-state index in [-0.39, 0.29) is 23.3 Å². The largest absolute Gasteiger partial charge is 0.351 e. The number of rotatable bonds is 6. The number of hydrogen-bond acceptors (Lipinski definition) is 2. The van der Waals surface area contributed by atoms with E-state index in [9.17, 15) is 9.59 Å². The number of carbonyl (C=O) groups excluding carboxylic acids is 2. The molecule has 1 atom stereocenters. The number of amides is 2. The molecule has 120 valence electrons. The smallest absolute Gasteiger partial charge is 0.225 e. The maximum atomic E-state index is 12.3. The normalized spacial score (nSPS) is 18.6. The molecule has 0 saturated carbocycles. The van der Waals surface area contributed by atoms with E-state index in [1.54, 1.807) is 0 Å². The Hall–Kier alpha value is -1.84. The monoisotopic (exact) mass is 302 g/mol. The average molecular weight is 302 g/mol. The van der Waals surface area contributed by atoms with Gasteiger partial charge in [0.15, 0.2) is 0 Å². The molecule has 4 nitrogen and oxygen atoms in total. The van der Waals surface area contributed by atoms with Gasteiger partial charge in [0, 0.05) is 25.0 Å². The quantitative estimate of drug-likeness (QED) is 0.877. The highest BCUT2D eigenvalue weighted by Crippen LogP contribution is 2.20. The van der Waals surface area contributed by atoms with Crippen molar-refractivity contribution in [1.29, 1.82) is 0 Å². The van der Waals surface area contributed by atoms with E-state index in [4.69, 9.17) is 0 Å². The number of carbonyl (C=O) groups is 2. The molecule has 1 aliphatic heterocycles. The van der Waals surface area contributed by atoms with E-state index < -0.39 is 0 Å². The molecule has 1 fully saturated rings. The van der Waals surface area contributed by atoms with Crippen LogP contribution in [0, 0.1) is 5.92 Å². The number of benzene rings is 1. The van der Waals surface area contributed by atoms with Crippen molar-refractivity contribution >= 4 is 11.8 Å². The third kappa shape index (κ3) is 4.33. The summed E-state index contributed by atoms with van der Waals surface area (Å²) < 4.78 is 0. The van der Waals surface area contributed by atoms with E-state index in [0.717, 1.165) is 12.8 Å². The Morgan fingerprint density at radius 3 is 2.64 bits per heavy atom. The minimum Gasteiger partial charge on any atom is -0.351 e.